The van der Waals surface area contributed by atoms with Gasteiger partial charge >= 0.3 is 0 Å². The standard InChI is InChI=1S/C13H12F2N2S/c1-7(2)11-12(16-6-17-13(11)18)8-3-4-9(14)10(15)5-8/h3-7H,1-2H3,(H,16,17,18). The van der Waals surface area contributed by atoms with E-state index in [0.717, 1.165) is 17.7 Å². The lowest BCUT2D eigenvalue weighted by molar-refractivity contribution is 0.509. The predicted molar refractivity (Wildman–Crippen MR) is 68.9 cm³/mol. The predicted octanol–water partition coefficient (Wildman–Crippen LogP) is 4.21. The zero-order valence-electron chi connectivity index (χ0n) is 10.00. The number of nitrogens with zero attached hydrogens (tertiary/aromatic N) is 1. The molecule has 0 saturated heterocycles. The van der Waals surface area contributed by atoms with Crippen molar-refractivity contribution in [3.63, 3.8) is 0 Å². The van der Waals surface area contributed by atoms with Crippen LogP contribution in [0.15, 0.2) is 24.5 Å². The molecule has 1 aromatic heterocycles. The number of nitrogens with one attached hydrogen (secondary N) is 1. The summed E-state index contributed by atoms with van der Waals surface area (Å²) in [5.74, 6) is -1.60. The maximum absolute atomic E-state index is 13.3. The van der Waals surface area contributed by atoms with Gasteiger partial charge in [0.05, 0.1) is 12.0 Å². The molecule has 0 radical (unpaired) electrons. The largest absolute Gasteiger partial charge is 0.346 e. The summed E-state index contributed by atoms with van der Waals surface area (Å²) in [4.78, 5) is 6.97. The van der Waals surface area contributed by atoms with E-state index in [1.807, 2.05) is 13.8 Å². The summed E-state index contributed by atoms with van der Waals surface area (Å²) in [6, 6.07) is 3.78. The lowest BCUT2D eigenvalue weighted by Gasteiger charge is -2.12. The minimum absolute atomic E-state index is 0.144. The van der Waals surface area contributed by atoms with Gasteiger partial charge in [0.2, 0.25) is 0 Å². The monoisotopic (exact) mass is 266 g/mol. The molecule has 2 rings (SSSR count). The normalized spacial score (nSPS) is 10.9. The Kier molecular flexibility index (Phi) is 3.52. The Balaban J connectivity index is 2.67. The van der Waals surface area contributed by atoms with Crippen LogP contribution in [0.1, 0.15) is 25.3 Å². The molecule has 94 valence electrons. The molecule has 0 saturated carbocycles. The van der Waals surface area contributed by atoms with Crippen LogP contribution in [0, 0.1) is 16.3 Å². The molecule has 2 aromatic rings. The first-order valence-corrected chi connectivity index (χ1v) is 5.94. The van der Waals surface area contributed by atoms with Crippen molar-refractivity contribution in [1.82, 2.24) is 9.97 Å². The van der Waals surface area contributed by atoms with Crippen LogP contribution >= 0.6 is 12.2 Å². The fraction of sp³-hybridized carbons (Fsp3) is 0.231. The van der Waals surface area contributed by atoms with Gasteiger partial charge in [0.15, 0.2) is 11.6 Å². The fourth-order valence-electron chi connectivity index (χ4n) is 1.84. The van der Waals surface area contributed by atoms with E-state index in [9.17, 15) is 8.78 Å². The molecule has 18 heavy (non-hydrogen) atoms. The Morgan fingerprint density at radius 2 is 1.94 bits per heavy atom. The minimum atomic E-state index is -0.877. The summed E-state index contributed by atoms with van der Waals surface area (Å²) in [6.07, 6.45) is 1.46. The van der Waals surface area contributed by atoms with Crippen LogP contribution in [0.3, 0.4) is 0 Å². The molecule has 0 amide bonds. The first-order chi connectivity index (χ1) is 8.50. The number of halogens is 2. The molecule has 1 heterocycles. The second kappa shape index (κ2) is 4.94. The molecule has 0 spiro atoms. The van der Waals surface area contributed by atoms with Crippen molar-refractivity contribution >= 4 is 12.2 Å². The number of hydrogen-bond acceptors (Lipinski definition) is 2. The Hall–Kier alpha value is -1.62. The topological polar surface area (TPSA) is 28.7 Å². The Labute approximate surface area is 109 Å². The highest BCUT2D eigenvalue weighted by molar-refractivity contribution is 7.71. The summed E-state index contributed by atoms with van der Waals surface area (Å²) in [5, 5.41) is 0. The van der Waals surface area contributed by atoms with Crippen LogP contribution < -0.4 is 0 Å². The van der Waals surface area contributed by atoms with Crippen LogP contribution in [0.5, 0.6) is 0 Å². The molecule has 0 aliphatic rings. The fourth-order valence-corrected chi connectivity index (χ4v) is 2.23. The van der Waals surface area contributed by atoms with Crippen molar-refractivity contribution in [2.75, 3.05) is 0 Å². The minimum Gasteiger partial charge on any atom is -0.346 e. The number of H-pyrrole nitrogens is 1. The average Bonchev–Trinajstić information content (AvgIpc) is 2.32. The zero-order valence-corrected chi connectivity index (χ0v) is 10.8. The van der Waals surface area contributed by atoms with Gasteiger partial charge in [-0.2, -0.15) is 0 Å². The van der Waals surface area contributed by atoms with Gasteiger partial charge < -0.3 is 4.98 Å². The van der Waals surface area contributed by atoms with Gasteiger partial charge in [0.1, 0.15) is 4.64 Å². The number of benzene rings is 1. The van der Waals surface area contributed by atoms with Gasteiger partial charge in [0, 0.05) is 11.1 Å². The first-order valence-electron chi connectivity index (χ1n) is 5.53. The second-order valence-corrected chi connectivity index (χ2v) is 4.67. The molecule has 0 aliphatic carbocycles. The van der Waals surface area contributed by atoms with E-state index in [2.05, 4.69) is 9.97 Å². The van der Waals surface area contributed by atoms with Crippen LogP contribution in [-0.2, 0) is 0 Å². The molecule has 1 aromatic carbocycles. The maximum Gasteiger partial charge on any atom is 0.159 e. The molecule has 1 N–H and O–H groups in total. The van der Waals surface area contributed by atoms with Crippen LogP contribution in [0.4, 0.5) is 8.78 Å². The Bertz CT molecular complexity index is 635. The van der Waals surface area contributed by atoms with E-state index in [4.69, 9.17) is 12.2 Å². The van der Waals surface area contributed by atoms with E-state index in [1.165, 1.54) is 12.4 Å². The zero-order chi connectivity index (χ0) is 13.3. The highest BCUT2D eigenvalue weighted by Crippen LogP contribution is 2.28. The Morgan fingerprint density at radius 3 is 2.56 bits per heavy atom. The summed E-state index contributed by atoms with van der Waals surface area (Å²) < 4.78 is 26.7. The third-order valence-corrected chi connectivity index (χ3v) is 3.00. The van der Waals surface area contributed by atoms with Gasteiger partial charge in [-0.05, 0) is 24.1 Å². The summed E-state index contributed by atoms with van der Waals surface area (Å²) in [6.45, 7) is 3.95. The van der Waals surface area contributed by atoms with Crippen LogP contribution in [0.2, 0.25) is 0 Å². The highest BCUT2D eigenvalue weighted by atomic mass is 32.1. The van der Waals surface area contributed by atoms with Crippen molar-refractivity contribution in [1.29, 1.82) is 0 Å². The van der Waals surface area contributed by atoms with Gasteiger partial charge in [0.25, 0.3) is 0 Å². The number of aromatic nitrogens is 2. The lowest BCUT2D eigenvalue weighted by Crippen LogP contribution is -1.99. The smallest absolute Gasteiger partial charge is 0.159 e. The third-order valence-electron chi connectivity index (χ3n) is 2.68. The number of hydrogen-bond donors (Lipinski definition) is 1. The molecule has 2 nitrogen and oxygen atoms in total. The van der Waals surface area contributed by atoms with E-state index in [0.29, 0.717) is 15.9 Å². The summed E-state index contributed by atoms with van der Waals surface area (Å²) >= 11 is 5.18. The van der Waals surface area contributed by atoms with Gasteiger partial charge in [-0.3, -0.25) is 0 Å². The number of aromatic amines is 1. The van der Waals surface area contributed by atoms with Gasteiger partial charge in [-0.15, -0.1) is 0 Å². The molecule has 0 bridgehead atoms. The quantitative estimate of drug-likeness (QED) is 0.825. The molecule has 5 heteroatoms. The number of rotatable bonds is 2. The molecular weight excluding hydrogens is 254 g/mol. The van der Waals surface area contributed by atoms with E-state index < -0.39 is 11.6 Å². The van der Waals surface area contributed by atoms with Crippen LogP contribution in [0.25, 0.3) is 11.3 Å². The van der Waals surface area contributed by atoms with Crippen LogP contribution in [-0.4, -0.2) is 9.97 Å². The molecule has 0 unspecified atom stereocenters. The van der Waals surface area contributed by atoms with Crippen molar-refractivity contribution in [3.8, 4) is 11.3 Å². The van der Waals surface area contributed by atoms with Crippen molar-refractivity contribution in [3.05, 3.63) is 46.4 Å². The summed E-state index contributed by atoms with van der Waals surface area (Å²) in [7, 11) is 0. The van der Waals surface area contributed by atoms with E-state index in [1.54, 1.807) is 0 Å². The highest BCUT2D eigenvalue weighted by Gasteiger charge is 2.13. The lowest BCUT2D eigenvalue weighted by atomic mass is 9.99. The van der Waals surface area contributed by atoms with E-state index >= 15 is 0 Å². The van der Waals surface area contributed by atoms with Crippen molar-refractivity contribution in [2.45, 2.75) is 19.8 Å². The molecule has 0 aliphatic heterocycles. The SMILES string of the molecule is CC(C)c1c(-c2ccc(F)c(F)c2)[nH]cnc1=S. The Morgan fingerprint density at radius 1 is 1.22 bits per heavy atom. The molecule has 0 fully saturated rings. The second-order valence-electron chi connectivity index (χ2n) is 4.28. The van der Waals surface area contributed by atoms with E-state index in [-0.39, 0.29) is 5.92 Å². The first kappa shape index (κ1) is 12.8. The molecular formula is C13H12F2N2S. The van der Waals surface area contributed by atoms with Gasteiger partial charge in [-0.25, -0.2) is 13.8 Å². The summed E-state index contributed by atoms with van der Waals surface area (Å²) in [5.41, 5.74) is 2.08. The van der Waals surface area contributed by atoms with Crippen molar-refractivity contribution < 1.29 is 8.78 Å². The maximum atomic E-state index is 13.3. The molecule has 0 atom stereocenters. The third kappa shape index (κ3) is 2.31. The average molecular weight is 266 g/mol. The van der Waals surface area contributed by atoms with Crippen molar-refractivity contribution in [2.24, 2.45) is 0 Å². The van der Waals surface area contributed by atoms with Gasteiger partial charge in [-0.1, -0.05) is 26.1 Å².